The van der Waals surface area contributed by atoms with Crippen molar-refractivity contribution in [1.82, 2.24) is 9.88 Å². The number of pyridine rings is 1. The lowest BCUT2D eigenvalue weighted by molar-refractivity contribution is 0.0693. The molecule has 1 aromatic heterocycles. The van der Waals surface area contributed by atoms with E-state index in [9.17, 15) is 14.4 Å². The second kappa shape index (κ2) is 7.56. The van der Waals surface area contributed by atoms with Crippen molar-refractivity contribution in [3.8, 4) is 0 Å². The summed E-state index contributed by atoms with van der Waals surface area (Å²) in [6, 6.07) is 6.74. The van der Waals surface area contributed by atoms with Gasteiger partial charge >= 0.3 is 5.97 Å². The van der Waals surface area contributed by atoms with Gasteiger partial charge in [-0.3, -0.25) is 9.59 Å². The van der Waals surface area contributed by atoms with E-state index in [1.54, 1.807) is 43.0 Å². The molecule has 2 heterocycles. The highest BCUT2D eigenvalue weighted by atomic mass is 35.5. The van der Waals surface area contributed by atoms with Gasteiger partial charge in [-0.2, -0.15) is 0 Å². The van der Waals surface area contributed by atoms with Gasteiger partial charge in [0.15, 0.2) is 0 Å². The van der Waals surface area contributed by atoms with E-state index in [0.717, 1.165) is 18.4 Å². The molecule has 0 bridgehead atoms. The second-order valence-corrected chi connectivity index (χ2v) is 7.29. The molecule has 3 rings (SSSR count). The van der Waals surface area contributed by atoms with Crippen LogP contribution in [0.4, 0.5) is 0 Å². The van der Waals surface area contributed by atoms with E-state index in [1.165, 1.54) is 0 Å². The molecular formula is C20H21ClN2O4. The van der Waals surface area contributed by atoms with Gasteiger partial charge in [0, 0.05) is 24.7 Å². The Bertz CT molecular complexity index is 950. The Kier molecular flexibility index (Phi) is 5.37. The van der Waals surface area contributed by atoms with Gasteiger partial charge < -0.3 is 15.0 Å². The molecule has 1 aromatic carbocycles. The van der Waals surface area contributed by atoms with Crippen LogP contribution in [0, 0.1) is 13.8 Å². The van der Waals surface area contributed by atoms with E-state index >= 15 is 0 Å². The number of aromatic carboxylic acids is 1. The molecule has 1 unspecified atom stereocenters. The van der Waals surface area contributed by atoms with Crippen LogP contribution in [0.1, 0.15) is 56.3 Å². The van der Waals surface area contributed by atoms with Crippen molar-refractivity contribution in [2.24, 2.45) is 0 Å². The van der Waals surface area contributed by atoms with Crippen molar-refractivity contribution in [3.63, 3.8) is 0 Å². The molecule has 0 aliphatic carbocycles. The van der Waals surface area contributed by atoms with E-state index in [2.05, 4.69) is 4.98 Å². The number of nitrogens with zero attached hydrogens (tertiary/aromatic N) is 1. The number of aromatic nitrogens is 1. The van der Waals surface area contributed by atoms with Crippen LogP contribution in [0.25, 0.3) is 0 Å². The van der Waals surface area contributed by atoms with Gasteiger partial charge in [-0.15, -0.1) is 0 Å². The standard InChI is InChI=1S/C20H21ClN2O4/c1-11-16(18(24)22-12(2)17(11)21)19(25)23-9-3-4-15(10-23)13-5-7-14(8-6-13)20(26)27/h5-8,15H,3-4,9-10H2,1-2H3,(H,22,24)(H,26,27). The number of hydrogen-bond acceptors (Lipinski definition) is 3. The van der Waals surface area contributed by atoms with E-state index in [0.29, 0.717) is 29.4 Å². The molecule has 2 aromatic rings. The fraction of sp³-hybridized carbons (Fsp3) is 0.350. The van der Waals surface area contributed by atoms with E-state index < -0.39 is 11.5 Å². The van der Waals surface area contributed by atoms with Gasteiger partial charge in [0.25, 0.3) is 11.5 Å². The number of aromatic amines is 1. The summed E-state index contributed by atoms with van der Waals surface area (Å²) < 4.78 is 0. The minimum Gasteiger partial charge on any atom is -0.478 e. The molecule has 7 heteroatoms. The first-order chi connectivity index (χ1) is 12.8. The quantitative estimate of drug-likeness (QED) is 0.843. The number of carboxylic acids is 1. The van der Waals surface area contributed by atoms with Crippen LogP contribution in [0.2, 0.25) is 5.02 Å². The first-order valence-electron chi connectivity index (χ1n) is 8.81. The summed E-state index contributed by atoms with van der Waals surface area (Å²) in [6.07, 6.45) is 1.72. The largest absolute Gasteiger partial charge is 0.478 e. The Balaban J connectivity index is 1.84. The number of piperidine rings is 1. The molecule has 1 amide bonds. The highest BCUT2D eigenvalue weighted by Gasteiger charge is 2.28. The Labute approximate surface area is 161 Å². The SMILES string of the molecule is Cc1[nH]c(=O)c(C(=O)N2CCCC(c3ccc(C(=O)O)cc3)C2)c(C)c1Cl. The van der Waals surface area contributed by atoms with Crippen molar-refractivity contribution in [2.75, 3.05) is 13.1 Å². The third kappa shape index (κ3) is 3.76. The van der Waals surface area contributed by atoms with Crippen LogP contribution in [0.5, 0.6) is 0 Å². The molecule has 1 aliphatic rings. The fourth-order valence-electron chi connectivity index (χ4n) is 3.60. The molecule has 142 valence electrons. The molecule has 1 aliphatic heterocycles. The number of hydrogen-bond donors (Lipinski definition) is 2. The smallest absolute Gasteiger partial charge is 0.335 e. The maximum atomic E-state index is 13.0. The lowest BCUT2D eigenvalue weighted by Gasteiger charge is -2.33. The second-order valence-electron chi connectivity index (χ2n) is 6.91. The maximum absolute atomic E-state index is 13.0. The van der Waals surface area contributed by atoms with Gasteiger partial charge in [-0.1, -0.05) is 23.7 Å². The molecule has 2 N–H and O–H groups in total. The van der Waals surface area contributed by atoms with E-state index in [4.69, 9.17) is 16.7 Å². The number of amides is 1. The number of nitrogens with one attached hydrogen (secondary N) is 1. The average molecular weight is 389 g/mol. The van der Waals surface area contributed by atoms with Crippen molar-refractivity contribution < 1.29 is 14.7 Å². The summed E-state index contributed by atoms with van der Waals surface area (Å²) in [7, 11) is 0. The number of H-pyrrole nitrogens is 1. The predicted octanol–water partition coefficient (Wildman–Crippen LogP) is 3.36. The van der Waals surface area contributed by atoms with Crippen LogP contribution >= 0.6 is 11.6 Å². The Hall–Kier alpha value is -2.60. The highest BCUT2D eigenvalue weighted by molar-refractivity contribution is 6.32. The maximum Gasteiger partial charge on any atom is 0.335 e. The minimum absolute atomic E-state index is 0.0903. The molecule has 27 heavy (non-hydrogen) atoms. The third-order valence-electron chi connectivity index (χ3n) is 5.11. The van der Waals surface area contributed by atoms with Crippen LogP contribution in [0.15, 0.2) is 29.1 Å². The number of rotatable bonds is 3. The van der Waals surface area contributed by atoms with Gasteiger partial charge in [0.1, 0.15) is 5.56 Å². The summed E-state index contributed by atoms with van der Waals surface area (Å²) in [6.45, 7) is 4.44. The van der Waals surface area contributed by atoms with E-state index in [1.807, 2.05) is 0 Å². The summed E-state index contributed by atoms with van der Waals surface area (Å²) in [5.41, 5.74) is 1.94. The summed E-state index contributed by atoms with van der Waals surface area (Å²) in [5, 5.41) is 9.42. The van der Waals surface area contributed by atoms with E-state index in [-0.39, 0.29) is 23.0 Å². The number of likely N-dealkylation sites (tertiary alicyclic amines) is 1. The zero-order valence-corrected chi connectivity index (χ0v) is 16.0. The van der Waals surface area contributed by atoms with Crippen molar-refractivity contribution >= 4 is 23.5 Å². The molecular weight excluding hydrogens is 368 g/mol. The fourth-order valence-corrected chi connectivity index (χ4v) is 3.74. The van der Waals surface area contributed by atoms with Crippen LogP contribution < -0.4 is 5.56 Å². The molecule has 0 spiro atoms. The first kappa shape index (κ1) is 19.2. The minimum atomic E-state index is -0.965. The molecule has 1 fully saturated rings. The predicted molar refractivity (Wildman–Crippen MR) is 103 cm³/mol. The van der Waals surface area contributed by atoms with Crippen molar-refractivity contribution in [1.29, 1.82) is 0 Å². The summed E-state index contributed by atoms with van der Waals surface area (Å²) >= 11 is 6.21. The monoisotopic (exact) mass is 388 g/mol. The zero-order chi connectivity index (χ0) is 19.7. The van der Waals surface area contributed by atoms with Gasteiger partial charge in [-0.05, 0) is 49.9 Å². The number of carboxylic acid groups (broad SMARTS) is 1. The zero-order valence-electron chi connectivity index (χ0n) is 15.2. The number of aryl methyl sites for hydroxylation is 1. The normalized spacial score (nSPS) is 17.0. The molecule has 1 atom stereocenters. The Morgan fingerprint density at radius 1 is 1.22 bits per heavy atom. The molecule has 6 nitrogen and oxygen atoms in total. The number of halogens is 1. The molecule has 0 radical (unpaired) electrons. The number of carbonyl (C=O) groups excluding carboxylic acids is 1. The van der Waals surface area contributed by atoms with Crippen LogP contribution in [-0.2, 0) is 0 Å². The van der Waals surface area contributed by atoms with Crippen molar-refractivity contribution in [3.05, 3.63) is 67.6 Å². The number of benzene rings is 1. The molecule has 1 saturated heterocycles. The van der Waals surface area contributed by atoms with Crippen LogP contribution in [0.3, 0.4) is 0 Å². The Morgan fingerprint density at radius 3 is 2.52 bits per heavy atom. The third-order valence-corrected chi connectivity index (χ3v) is 5.68. The number of carbonyl (C=O) groups is 2. The lowest BCUT2D eigenvalue weighted by Crippen LogP contribution is -2.41. The average Bonchev–Trinajstić information content (AvgIpc) is 2.66. The Morgan fingerprint density at radius 2 is 1.89 bits per heavy atom. The van der Waals surface area contributed by atoms with Crippen LogP contribution in [-0.4, -0.2) is 40.0 Å². The topological polar surface area (TPSA) is 90.5 Å². The summed E-state index contributed by atoms with van der Waals surface area (Å²) in [4.78, 5) is 40.7. The lowest BCUT2D eigenvalue weighted by atomic mass is 9.89. The van der Waals surface area contributed by atoms with Gasteiger partial charge in [0.2, 0.25) is 0 Å². The van der Waals surface area contributed by atoms with Gasteiger partial charge in [0.05, 0.1) is 10.6 Å². The molecule has 0 saturated carbocycles. The first-order valence-corrected chi connectivity index (χ1v) is 9.19. The van der Waals surface area contributed by atoms with Gasteiger partial charge in [-0.25, -0.2) is 4.79 Å². The highest BCUT2D eigenvalue weighted by Crippen LogP contribution is 2.29. The summed E-state index contributed by atoms with van der Waals surface area (Å²) in [5.74, 6) is -1.18. The van der Waals surface area contributed by atoms with Crippen molar-refractivity contribution in [2.45, 2.75) is 32.6 Å².